The standard InChI is InChI=1S/C30H34IN5O3/c1-35(2)16-29(6-7-29)17-39-28-33-24-14-36(13-22(24)26(34-28)32-15-30-10-18(11-30)12-30)27(38)21-9-20(37)8-19-4-3-5-23(31)25(19)21/h3-5,8-9,18,37H,6-7,10-17H2,1-2H3,(H,32,33,34). The van der Waals surface area contributed by atoms with Gasteiger partial charge in [0.05, 0.1) is 31.0 Å². The fraction of sp³-hybridized carbons (Fsp3) is 0.500. The van der Waals surface area contributed by atoms with Crippen molar-refractivity contribution in [3.63, 3.8) is 0 Å². The quantitative estimate of drug-likeness (QED) is 0.318. The number of hydrogen-bond acceptors (Lipinski definition) is 7. The molecule has 2 N–H and O–H groups in total. The number of nitrogens with zero attached hydrogens (tertiary/aromatic N) is 4. The summed E-state index contributed by atoms with van der Waals surface area (Å²) < 4.78 is 7.21. The highest BCUT2D eigenvalue weighted by Gasteiger charge is 2.56. The van der Waals surface area contributed by atoms with E-state index < -0.39 is 0 Å². The Balaban J connectivity index is 1.16. The third kappa shape index (κ3) is 4.61. The molecule has 4 fully saturated rings. The molecule has 39 heavy (non-hydrogen) atoms. The van der Waals surface area contributed by atoms with E-state index in [0.717, 1.165) is 63.3 Å². The number of nitrogens with one attached hydrogen (secondary N) is 1. The Kier molecular flexibility index (Phi) is 5.97. The maximum Gasteiger partial charge on any atom is 0.318 e. The van der Waals surface area contributed by atoms with Crippen molar-refractivity contribution in [2.75, 3.05) is 39.1 Å². The smallest absolute Gasteiger partial charge is 0.318 e. The Labute approximate surface area is 242 Å². The molecule has 0 saturated heterocycles. The molecule has 204 valence electrons. The van der Waals surface area contributed by atoms with Crippen molar-refractivity contribution < 1.29 is 14.6 Å². The number of fused-ring (bicyclic) bond motifs is 2. The van der Waals surface area contributed by atoms with Gasteiger partial charge < -0.3 is 25.0 Å². The summed E-state index contributed by atoms with van der Waals surface area (Å²) in [5, 5.41) is 15.7. The number of rotatable bonds is 9. The number of aromatic hydroxyl groups is 1. The van der Waals surface area contributed by atoms with Crippen molar-refractivity contribution in [1.29, 1.82) is 0 Å². The average Bonchev–Trinajstić information content (AvgIpc) is 3.45. The third-order valence-corrected chi connectivity index (χ3v) is 10.0. The van der Waals surface area contributed by atoms with Crippen molar-refractivity contribution in [2.24, 2.45) is 16.7 Å². The van der Waals surface area contributed by atoms with Gasteiger partial charge in [-0.1, -0.05) is 12.1 Å². The molecule has 3 aromatic rings. The van der Waals surface area contributed by atoms with Crippen molar-refractivity contribution in [1.82, 2.24) is 19.8 Å². The van der Waals surface area contributed by atoms with Gasteiger partial charge in [0, 0.05) is 33.0 Å². The van der Waals surface area contributed by atoms with Gasteiger partial charge in [0.25, 0.3) is 5.91 Å². The predicted octanol–water partition coefficient (Wildman–Crippen LogP) is 5.03. The molecule has 8 nitrogen and oxygen atoms in total. The second kappa shape index (κ2) is 9.19. The second-order valence-corrected chi connectivity index (χ2v) is 13.8. The van der Waals surface area contributed by atoms with Crippen LogP contribution in [0.4, 0.5) is 5.82 Å². The zero-order chi connectivity index (χ0) is 26.9. The summed E-state index contributed by atoms with van der Waals surface area (Å²) in [7, 11) is 4.20. The number of ether oxygens (including phenoxy) is 1. The molecule has 1 aliphatic heterocycles. The van der Waals surface area contributed by atoms with E-state index in [4.69, 9.17) is 14.7 Å². The number of halogens is 1. The summed E-state index contributed by atoms with van der Waals surface area (Å²) in [6, 6.07) is 9.54. The highest BCUT2D eigenvalue weighted by atomic mass is 127. The third-order valence-electron chi connectivity index (χ3n) is 9.10. The zero-order valence-corrected chi connectivity index (χ0v) is 24.6. The van der Waals surface area contributed by atoms with Gasteiger partial charge in [0.15, 0.2) is 0 Å². The summed E-state index contributed by atoms with van der Waals surface area (Å²) >= 11 is 2.26. The lowest BCUT2D eigenvalue weighted by Crippen LogP contribution is -2.55. The van der Waals surface area contributed by atoms with Crippen LogP contribution in [0.25, 0.3) is 10.8 Å². The fourth-order valence-corrected chi connectivity index (χ4v) is 7.66. The largest absolute Gasteiger partial charge is 0.508 e. The average molecular weight is 640 g/mol. The molecule has 4 saturated carbocycles. The molecule has 1 aromatic heterocycles. The van der Waals surface area contributed by atoms with E-state index in [9.17, 15) is 9.90 Å². The van der Waals surface area contributed by atoms with Gasteiger partial charge in [-0.3, -0.25) is 4.79 Å². The number of carbonyl (C=O) groups is 1. The number of amides is 1. The van der Waals surface area contributed by atoms with Gasteiger partial charge in [-0.2, -0.15) is 9.97 Å². The molecule has 2 aromatic carbocycles. The van der Waals surface area contributed by atoms with Gasteiger partial charge in [-0.25, -0.2) is 0 Å². The second-order valence-electron chi connectivity index (χ2n) is 12.6. The molecule has 5 aliphatic rings. The minimum atomic E-state index is -0.117. The molecular weight excluding hydrogens is 605 g/mol. The number of aromatic nitrogens is 2. The molecule has 2 heterocycles. The first kappa shape index (κ1) is 25.3. The molecule has 2 bridgehead atoms. The first-order valence-electron chi connectivity index (χ1n) is 13.8. The Bertz CT molecular complexity index is 1470. The molecule has 4 aliphatic carbocycles. The van der Waals surface area contributed by atoms with Crippen LogP contribution >= 0.6 is 22.6 Å². The first-order chi connectivity index (χ1) is 18.7. The van der Waals surface area contributed by atoms with Crippen LogP contribution in [-0.4, -0.2) is 64.6 Å². The van der Waals surface area contributed by atoms with Crippen molar-refractivity contribution in [2.45, 2.75) is 45.2 Å². The van der Waals surface area contributed by atoms with Crippen molar-refractivity contribution >= 4 is 45.1 Å². The summed E-state index contributed by atoms with van der Waals surface area (Å²) in [6.45, 7) is 3.31. The number of benzene rings is 2. The van der Waals surface area contributed by atoms with Crippen molar-refractivity contribution in [3.8, 4) is 11.8 Å². The van der Waals surface area contributed by atoms with E-state index in [0.29, 0.717) is 36.7 Å². The Hall–Kier alpha value is -2.66. The highest BCUT2D eigenvalue weighted by Crippen LogP contribution is 2.64. The van der Waals surface area contributed by atoms with Crippen molar-refractivity contribution in [3.05, 3.63) is 50.7 Å². The van der Waals surface area contributed by atoms with Gasteiger partial charge in [-0.05, 0) is 104 Å². The fourth-order valence-electron chi connectivity index (χ4n) is 6.85. The van der Waals surface area contributed by atoms with Crippen LogP contribution in [0.15, 0.2) is 30.3 Å². The molecule has 8 rings (SSSR count). The number of anilines is 1. The zero-order valence-electron chi connectivity index (χ0n) is 22.5. The van der Waals surface area contributed by atoms with Crippen LogP contribution < -0.4 is 10.1 Å². The van der Waals surface area contributed by atoms with E-state index in [1.807, 2.05) is 18.2 Å². The Morgan fingerprint density at radius 2 is 2.00 bits per heavy atom. The maximum absolute atomic E-state index is 13.9. The topological polar surface area (TPSA) is 90.8 Å². The highest BCUT2D eigenvalue weighted by molar-refractivity contribution is 14.1. The summed E-state index contributed by atoms with van der Waals surface area (Å²) in [6.07, 6.45) is 6.22. The first-order valence-corrected chi connectivity index (χ1v) is 14.9. The lowest BCUT2D eigenvalue weighted by molar-refractivity contribution is -0.0930. The number of hydrogen-bond donors (Lipinski definition) is 2. The van der Waals surface area contributed by atoms with Crippen LogP contribution in [0.2, 0.25) is 0 Å². The van der Waals surface area contributed by atoms with Crippen LogP contribution in [0.5, 0.6) is 11.8 Å². The van der Waals surface area contributed by atoms with Crippen LogP contribution in [-0.2, 0) is 13.1 Å². The maximum atomic E-state index is 13.9. The summed E-state index contributed by atoms with van der Waals surface area (Å²) in [4.78, 5) is 27.6. The van der Waals surface area contributed by atoms with E-state index in [1.165, 1.54) is 19.3 Å². The van der Waals surface area contributed by atoms with Crippen LogP contribution in [0.1, 0.15) is 53.7 Å². The molecular formula is C30H34IN5O3. The minimum Gasteiger partial charge on any atom is -0.508 e. The van der Waals surface area contributed by atoms with Gasteiger partial charge >= 0.3 is 6.01 Å². The molecule has 9 heteroatoms. The SMILES string of the molecule is CN(C)CC1(COc2nc3c(c(NCC45CC(C4)C5)n2)CN(C(=O)c2cc(O)cc4cccc(I)c24)C3)CC1. The van der Waals surface area contributed by atoms with Gasteiger partial charge in [0.2, 0.25) is 0 Å². The predicted molar refractivity (Wildman–Crippen MR) is 158 cm³/mol. The van der Waals surface area contributed by atoms with Gasteiger partial charge in [-0.15, -0.1) is 0 Å². The Morgan fingerprint density at radius 1 is 1.21 bits per heavy atom. The van der Waals surface area contributed by atoms with Crippen LogP contribution in [0.3, 0.4) is 0 Å². The number of phenols is 1. The monoisotopic (exact) mass is 639 g/mol. The number of phenolic OH excluding ortho intramolecular Hbond substituents is 1. The van der Waals surface area contributed by atoms with E-state index in [-0.39, 0.29) is 17.1 Å². The summed E-state index contributed by atoms with van der Waals surface area (Å²) in [5.74, 6) is 1.69. The van der Waals surface area contributed by atoms with E-state index in [2.05, 4.69) is 46.9 Å². The molecule has 0 atom stereocenters. The van der Waals surface area contributed by atoms with E-state index in [1.54, 1.807) is 17.0 Å². The Morgan fingerprint density at radius 3 is 2.69 bits per heavy atom. The molecule has 0 unspecified atom stereocenters. The lowest BCUT2D eigenvalue weighted by atomic mass is 9.44. The minimum absolute atomic E-state index is 0.0904. The number of carbonyl (C=O) groups excluding carboxylic acids is 1. The summed E-state index contributed by atoms with van der Waals surface area (Å²) in [5.41, 5.74) is 2.91. The normalized spacial score (nSPS) is 23.8. The molecule has 0 radical (unpaired) electrons. The molecule has 1 amide bonds. The van der Waals surface area contributed by atoms with E-state index >= 15 is 0 Å². The lowest BCUT2D eigenvalue weighted by Gasteiger charge is -2.62. The van der Waals surface area contributed by atoms with Crippen LogP contribution in [0, 0.1) is 20.3 Å². The van der Waals surface area contributed by atoms with Gasteiger partial charge in [0.1, 0.15) is 11.6 Å². The molecule has 0 spiro atoms.